The highest BCUT2D eigenvalue weighted by atomic mass is 16.5. The van der Waals surface area contributed by atoms with Crippen LogP contribution >= 0.6 is 0 Å². The Morgan fingerprint density at radius 3 is 3.06 bits per heavy atom. The van der Waals surface area contributed by atoms with Gasteiger partial charge in [-0.25, -0.2) is 4.79 Å². The maximum absolute atomic E-state index is 10.4. The van der Waals surface area contributed by atoms with Crippen LogP contribution < -0.4 is 4.74 Å². The average Bonchev–Trinajstić information content (AvgIpc) is 2.74. The molecule has 1 aliphatic heterocycles. The first-order valence-electron chi connectivity index (χ1n) is 5.78. The lowest BCUT2D eigenvalue weighted by Crippen LogP contribution is -2.13. The highest BCUT2D eigenvalue weighted by Gasteiger charge is 2.21. The molecular weight excluding hydrogens is 218 g/mol. The summed E-state index contributed by atoms with van der Waals surface area (Å²) in [4.78, 5) is 12.7. The lowest BCUT2D eigenvalue weighted by atomic mass is 9.98. The zero-order valence-electron chi connectivity index (χ0n) is 9.93. The number of aliphatic carboxylic acids is 1. The Kier molecular flexibility index (Phi) is 3.64. The topological polar surface area (TPSA) is 49.8 Å². The molecule has 0 amide bonds. The van der Waals surface area contributed by atoms with Gasteiger partial charge >= 0.3 is 5.97 Å². The molecule has 0 saturated carbocycles. The summed E-state index contributed by atoms with van der Waals surface area (Å²) in [5.41, 5.74) is 1.23. The quantitative estimate of drug-likeness (QED) is 0.860. The van der Waals surface area contributed by atoms with Gasteiger partial charge in [0.15, 0.2) is 6.61 Å². The maximum atomic E-state index is 10.4. The number of benzene rings is 1. The molecule has 0 bridgehead atoms. The third kappa shape index (κ3) is 3.20. The number of carbonyl (C=O) groups is 1. The predicted octanol–water partition coefficient (Wildman–Crippen LogP) is 1.57. The summed E-state index contributed by atoms with van der Waals surface area (Å²) in [6.07, 6.45) is 1.15. The van der Waals surface area contributed by atoms with E-state index >= 15 is 0 Å². The molecule has 0 spiro atoms. The standard InChI is InChI=1S/C13H17NO3/c1-14-6-5-11(8-14)10-3-2-4-12(7-10)17-9-13(15)16/h2-4,7,11H,5-6,8-9H2,1H3,(H,15,16). The second kappa shape index (κ2) is 5.19. The molecule has 4 nitrogen and oxygen atoms in total. The number of carboxylic acids is 1. The Morgan fingerprint density at radius 1 is 1.59 bits per heavy atom. The molecule has 1 atom stereocenters. The van der Waals surface area contributed by atoms with Gasteiger partial charge < -0.3 is 14.7 Å². The minimum Gasteiger partial charge on any atom is -0.482 e. The number of ether oxygens (including phenoxy) is 1. The van der Waals surface area contributed by atoms with Crippen LogP contribution in [0.25, 0.3) is 0 Å². The number of hydrogen-bond acceptors (Lipinski definition) is 3. The van der Waals surface area contributed by atoms with Crippen molar-refractivity contribution in [2.24, 2.45) is 0 Å². The van der Waals surface area contributed by atoms with Crippen LogP contribution in [-0.2, 0) is 4.79 Å². The zero-order chi connectivity index (χ0) is 12.3. The smallest absolute Gasteiger partial charge is 0.341 e. The first kappa shape index (κ1) is 11.9. The number of likely N-dealkylation sites (tertiary alicyclic amines) is 1. The first-order valence-corrected chi connectivity index (χ1v) is 5.78. The van der Waals surface area contributed by atoms with Crippen molar-refractivity contribution >= 4 is 5.97 Å². The van der Waals surface area contributed by atoms with E-state index in [1.807, 2.05) is 12.1 Å². The Hall–Kier alpha value is -1.55. The number of carboxylic acid groups (broad SMARTS) is 1. The van der Waals surface area contributed by atoms with Gasteiger partial charge in [-0.2, -0.15) is 0 Å². The van der Waals surface area contributed by atoms with Crippen molar-refractivity contribution in [3.63, 3.8) is 0 Å². The van der Waals surface area contributed by atoms with Gasteiger partial charge in [-0.15, -0.1) is 0 Å². The van der Waals surface area contributed by atoms with Crippen LogP contribution in [0.15, 0.2) is 24.3 Å². The molecule has 2 rings (SSSR count). The molecule has 0 radical (unpaired) electrons. The maximum Gasteiger partial charge on any atom is 0.341 e. The van der Waals surface area contributed by atoms with E-state index in [1.165, 1.54) is 5.56 Å². The lowest BCUT2D eigenvalue weighted by Gasteiger charge is -2.12. The van der Waals surface area contributed by atoms with Gasteiger partial charge in [0.1, 0.15) is 5.75 Å². The molecule has 1 aliphatic rings. The van der Waals surface area contributed by atoms with Crippen molar-refractivity contribution in [2.45, 2.75) is 12.3 Å². The Morgan fingerprint density at radius 2 is 2.41 bits per heavy atom. The van der Waals surface area contributed by atoms with E-state index in [2.05, 4.69) is 18.0 Å². The van der Waals surface area contributed by atoms with Crippen LogP contribution in [-0.4, -0.2) is 42.7 Å². The van der Waals surface area contributed by atoms with Crippen LogP contribution in [0.3, 0.4) is 0 Å². The molecular formula is C13H17NO3. The Balaban J connectivity index is 2.03. The normalized spacial score (nSPS) is 20.4. The van der Waals surface area contributed by atoms with E-state index in [0.717, 1.165) is 19.5 Å². The Bertz CT molecular complexity index is 405. The van der Waals surface area contributed by atoms with Crippen molar-refractivity contribution in [1.82, 2.24) is 4.90 Å². The van der Waals surface area contributed by atoms with Gasteiger partial charge in [0, 0.05) is 6.54 Å². The molecule has 0 aromatic heterocycles. The van der Waals surface area contributed by atoms with Gasteiger partial charge in [0.2, 0.25) is 0 Å². The molecule has 1 fully saturated rings. The van der Waals surface area contributed by atoms with Crippen LogP contribution in [0.1, 0.15) is 17.9 Å². The second-order valence-corrected chi connectivity index (χ2v) is 4.50. The third-order valence-electron chi connectivity index (χ3n) is 3.08. The third-order valence-corrected chi connectivity index (χ3v) is 3.08. The predicted molar refractivity (Wildman–Crippen MR) is 64.4 cm³/mol. The molecule has 1 aromatic rings. The number of likely N-dealkylation sites (N-methyl/N-ethyl adjacent to an activating group) is 1. The summed E-state index contributed by atoms with van der Waals surface area (Å²) in [6, 6.07) is 7.75. The van der Waals surface area contributed by atoms with Crippen LogP contribution in [0, 0.1) is 0 Å². The summed E-state index contributed by atoms with van der Waals surface area (Å²) in [7, 11) is 2.12. The van der Waals surface area contributed by atoms with Gasteiger partial charge in [-0.3, -0.25) is 0 Å². The molecule has 1 heterocycles. The molecule has 1 aromatic carbocycles. The summed E-state index contributed by atoms with van der Waals surface area (Å²) < 4.78 is 5.18. The number of rotatable bonds is 4. The molecule has 92 valence electrons. The van der Waals surface area contributed by atoms with Gasteiger partial charge in [-0.05, 0) is 43.6 Å². The highest BCUT2D eigenvalue weighted by Crippen LogP contribution is 2.28. The molecule has 0 aliphatic carbocycles. The van der Waals surface area contributed by atoms with E-state index in [1.54, 1.807) is 6.07 Å². The van der Waals surface area contributed by atoms with Crippen molar-refractivity contribution < 1.29 is 14.6 Å². The van der Waals surface area contributed by atoms with Gasteiger partial charge in [0.05, 0.1) is 0 Å². The summed E-state index contributed by atoms with van der Waals surface area (Å²) in [5.74, 6) is 0.226. The summed E-state index contributed by atoms with van der Waals surface area (Å²) >= 11 is 0. The summed E-state index contributed by atoms with van der Waals surface area (Å²) in [6.45, 7) is 1.89. The molecule has 1 saturated heterocycles. The van der Waals surface area contributed by atoms with E-state index in [0.29, 0.717) is 11.7 Å². The van der Waals surface area contributed by atoms with Crippen molar-refractivity contribution in [2.75, 3.05) is 26.7 Å². The first-order chi connectivity index (χ1) is 8.15. The fourth-order valence-corrected chi connectivity index (χ4v) is 2.21. The van der Waals surface area contributed by atoms with Gasteiger partial charge in [-0.1, -0.05) is 12.1 Å². The fraction of sp³-hybridized carbons (Fsp3) is 0.462. The van der Waals surface area contributed by atoms with Crippen molar-refractivity contribution in [1.29, 1.82) is 0 Å². The fourth-order valence-electron chi connectivity index (χ4n) is 2.21. The lowest BCUT2D eigenvalue weighted by molar-refractivity contribution is -0.139. The zero-order valence-corrected chi connectivity index (χ0v) is 9.93. The summed E-state index contributed by atoms with van der Waals surface area (Å²) in [5, 5.41) is 8.56. The average molecular weight is 235 g/mol. The molecule has 1 N–H and O–H groups in total. The van der Waals surface area contributed by atoms with Crippen LogP contribution in [0.4, 0.5) is 0 Å². The van der Waals surface area contributed by atoms with Crippen molar-refractivity contribution in [3.8, 4) is 5.75 Å². The molecule has 17 heavy (non-hydrogen) atoms. The highest BCUT2D eigenvalue weighted by molar-refractivity contribution is 5.68. The number of nitrogens with zero attached hydrogens (tertiary/aromatic N) is 1. The second-order valence-electron chi connectivity index (χ2n) is 4.50. The largest absolute Gasteiger partial charge is 0.482 e. The molecule has 4 heteroatoms. The Labute approximate surface area is 101 Å². The van der Waals surface area contributed by atoms with E-state index in [9.17, 15) is 4.79 Å². The minimum atomic E-state index is -0.948. The van der Waals surface area contributed by atoms with Crippen LogP contribution in [0.5, 0.6) is 5.75 Å². The van der Waals surface area contributed by atoms with E-state index in [-0.39, 0.29) is 6.61 Å². The van der Waals surface area contributed by atoms with Gasteiger partial charge in [0.25, 0.3) is 0 Å². The van der Waals surface area contributed by atoms with E-state index < -0.39 is 5.97 Å². The SMILES string of the molecule is CN1CCC(c2cccc(OCC(=O)O)c2)C1. The van der Waals surface area contributed by atoms with Crippen molar-refractivity contribution in [3.05, 3.63) is 29.8 Å². The monoisotopic (exact) mass is 235 g/mol. The van der Waals surface area contributed by atoms with Crippen LogP contribution in [0.2, 0.25) is 0 Å². The number of hydrogen-bond donors (Lipinski definition) is 1. The molecule has 1 unspecified atom stereocenters. The van der Waals surface area contributed by atoms with E-state index in [4.69, 9.17) is 9.84 Å². The minimum absolute atomic E-state index is 0.284.